The van der Waals surface area contributed by atoms with Crippen LogP contribution in [0.5, 0.6) is 5.75 Å². The fourth-order valence-corrected chi connectivity index (χ4v) is 5.81. The Morgan fingerprint density at radius 3 is 2.76 bits per heavy atom. The van der Waals surface area contributed by atoms with Crippen molar-refractivity contribution in [2.75, 3.05) is 13.7 Å². The number of amides is 2. The van der Waals surface area contributed by atoms with Gasteiger partial charge in [-0.1, -0.05) is 43.7 Å². The van der Waals surface area contributed by atoms with Gasteiger partial charge in [-0.25, -0.2) is 4.99 Å². The first-order valence-electron chi connectivity index (χ1n) is 13.1. The van der Waals surface area contributed by atoms with E-state index in [1.807, 2.05) is 52.0 Å². The van der Waals surface area contributed by atoms with Crippen molar-refractivity contribution < 1.29 is 19.1 Å². The number of carbonyl (C=O) groups is 2. The molecule has 3 N–H and O–H groups in total. The summed E-state index contributed by atoms with van der Waals surface area (Å²) in [5.41, 5.74) is 6.42. The molecule has 4 atom stereocenters. The van der Waals surface area contributed by atoms with E-state index >= 15 is 0 Å². The molecule has 37 heavy (non-hydrogen) atoms. The zero-order chi connectivity index (χ0) is 27.0. The first-order valence-corrected chi connectivity index (χ1v) is 13.5. The van der Waals surface area contributed by atoms with Crippen LogP contribution in [0.15, 0.2) is 35.3 Å². The Morgan fingerprint density at radius 2 is 2.11 bits per heavy atom. The lowest BCUT2D eigenvalue weighted by Crippen LogP contribution is -2.55. The number of guanidine groups is 1. The van der Waals surface area contributed by atoms with E-state index in [1.165, 1.54) is 0 Å². The van der Waals surface area contributed by atoms with Gasteiger partial charge in [0, 0.05) is 30.0 Å². The SMILES string of the molecule is CCC1(CC)CC(=O)N(C(/C=C/COC)[C@H]2CC2C(=O)N[C@H]2CC(C)(C)Oc3cc(Cl)ccc32)C(N)=N1. The molecule has 0 radical (unpaired) electrons. The zero-order valence-electron chi connectivity index (χ0n) is 22.4. The van der Waals surface area contributed by atoms with Crippen LogP contribution in [0.4, 0.5) is 0 Å². The monoisotopic (exact) mass is 530 g/mol. The molecule has 2 heterocycles. The highest BCUT2D eigenvalue weighted by Crippen LogP contribution is 2.47. The Hall–Kier alpha value is -2.58. The van der Waals surface area contributed by atoms with Crippen molar-refractivity contribution in [3.63, 3.8) is 0 Å². The summed E-state index contributed by atoms with van der Waals surface area (Å²) < 4.78 is 11.3. The number of hydrogen-bond donors (Lipinski definition) is 2. The lowest BCUT2D eigenvalue weighted by Gasteiger charge is -2.39. The highest BCUT2D eigenvalue weighted by Gasteiger charge is 2.52. The van der Waals surface area contributed by atoms with Crippen molar-refractivity contribution in [2.24, 2.45) is 22.6 Å². The molecule has 0 bridgehead atoms. The van der Waals surface area contributed by atoms with Gasteiger partial charge in [0.1, 0.15) is 11.4 Å². The Bertz CT molecular complexity index is 1100. The summed E-state index contributed by atoms with van der Waals surface area (Å²) >= 11 is 6.19. The molecule has 0 saturated heterocycles. The topological polar surface area (TPSA) is 106 Å². The van der Waals surface area contributed by atoms with E-state index < -0.39 is 11.1 Å². The molecule has 2 aliphatic heterocycles. The molecule has 0 aromatic heterocycles. The summed E-state index contributed by atoms with van der Waals surface area (Å²) in [5.74, 6) is 0.555. The zero-order valence-corrected chi connectivity index (χ0v) is 23.2. The molecule has 1 fully saturated rings. The van der Waals surface area contributed by atoms with Gasteiger partial charge in [-0.05, 0) is 51.2 Å². The molecule has 2 amide bonds. The summed E-state index contributed by atoms with van der Waals surface area (Å²) in [6.07, 6.45) is 6.92. The van der Waals surface area contributed by atoms with Crippen molar-refractivity contribution in [2.45, 2.75) is 83.0 Å². The number of hydrogen-bond acceptors (Lipinski definition) is 6. The van der Waals surface area contributed by atoms with Gasteiger partial charge in [-0.3, -0.25) is 14.5 Å². The highest BCUT2D eigenvalue weighted by molar-refractivity contribution is 6.30. The summed E-state index contributed by atoms with van der Waals surface area (Å²) in [6.45, 7) is 8.48. The maximum atomic E-state index is 13.5. The van der Waals surface area contributed by atoms with Gasteiger partial charge in [0.25, 0.3) is 0 Å². The Labute approximate surface area is 224 Å². The van der Waals surface area contributed by atoms with E-state index in [0.717, 1.165) is 18.4 Å². The second-order valence-electron chi connectivity index (χ2n) is 11.0. The minimum atomic E-state index is -0.453. The summed E-state index contributed by atoms with van der Waals surface area (Å²) in [5, 5.41) is 3.84. The Kier molecular flexibility index (Phi) is 7.91. The average molecular weight is 531 g/mol. The number of benzene rings is 1. The van der Waals surface area contributed by atoms with E-state index in [-0.39, 0.29) is 41.7 Å². The van der Waals surface area contributed by atoms with Crippen LogP contribution < -0.4 is 15.8 Å². The third kappa shape index (κ3) is 5.80. The standard InChI is InChI=1S/C28H39ClN4O4/c1-6-28(7-2)16-24(34)33(26(30)32-28)22(9-8-12-36-5)19-14-20(19)25(35)31-21-15-27(3,4)37-23-13-17(29)10-11-18(21)23/h8-11,13,19-22H,6-7,12,14-16H2,1-5H3,(H2,30,32)(H,31,35)/b9-8+/t19-,20?,21-,22?/m0/s1. The second-order valence-corrected chi connectivity index (χ2v) is 11.5. The normalized spacial score (nSPS) is 26.8. The molecule has 1 saturated carbocycles. The number of carbonyl (C=O) groups excluding carboxylic acids is 2. The molecule has 8 nitrogen and oxygen atoms in total. The number of nitrogens with zero attached hydrogens (tertiary/aromatic N) is 2. The van der Waals surface area contributed by atoms with Crippen LogP contribution in [0.1, 0.15) is 71.4 Å². The molecular weight excluding hydrogens is 492 g/mol. The smallest absolute Gasteiger partial charge is 0.232 e. The number of ether oxygens (including phenoxy) is 2. The Morgan fingerprint density at radius 1 is 1.38 bits per heavy atom. The quantitative estimate of drug-likeness (QED) is 0.461. The largest absolute Gasteiger partial charge is 0.487 e. The van der Waals surface area contributed by atoms with Crippen molar-refractivity contribution in [3.05, 3.63) is 40.9 Å². The molecular formula is C28H39ClN4O4. The predicted octanol–water partition coefficient (Wildman–Crippen LogP) is 4.37. The van der Waals surface area contributed by atoms with Crippen LogP contribution in [0.3, 0.4) is 0 Å². The molecule has 0 spiro atoms. The maximum absolute atomic E-state index is 13.5. The van der Waals surface area contributed by atoms with Crippen LogP contribution in [0.25, 0.3) is 0 Å². The van der Waals surface area contributed by atoms with Crippen molar-refractivity contribution >= 4 is 29.4 Å². The third-order valence-electron chi connectivity index (χ3n) is 7.92. The number of nitrogens with two attached hydrogens (primary N) is 1. The van der Waals surface area contributed by atoms with E-state index in [2.05, 4.69) is 5.32 Å². The lowest BCUT2D eigenvalue weighted by atomic mass is 9.87. The van der Waals surface area contributed by atoms with E-state index in [9.17, 15) is 9.59 Å². The minimum absolute atomic E-state index is 0.0322. The van der Waals surface area contributed by atoms with Crippen LogP contribution >= 0.6 is 11.6 Å². The fraction of sp³-hybridized carbons (Fsp3) is 0.607. The summed E-state index contributed by atoms with van der Waals surface area (Å²) in [4.78, 5) is 33.2. The van der Waals surface area contributed by atoms with Gasteiger partial charge in [-0.2, -0.15) is 0 Å². The molecule has 9 heteroatoms. The lowest BCUT2D eigenvalue weighted by molar-refractivity contribution is -0.131. The van der Waals surface area contributed by atoms with Crippen LogP contribution in [0, 0.1) is 11.8 Å². The van der Waals surface area contributed by atoms with E-state index in [1.54, 1.807) is 18.1 Å². The third-order valence-corrected chi connectivity index (χ3v) is 8.16. The first-order chi connectivity index (χ1) is 17.5. The van der Waals surface area contributed by atoms with Crippen molar-refractivity contribution in [3.8, 4) is 5.75 Å². The van der Waals surface area contributed by atoms with Crippen LogP contribution in [-0.2, 0) is 14.3 Å². The van der Waals surface area contributed by atoms with Gasteiger partial charge >= 0.3 is 0 Å². The number of halogens is 1. The van der Waals surface area contributed by atoms with E-state index in [4.69, 9.17) is 31.8 Å². The molecule has 202 valence electrons. The van der Waals surface area contributed by atoms with E-state index in [0.29, 0.717) is 36.6 Å². The van der Waals surface area contributed by atoms with Gasteiger partial charge in [-0.15, -0.1) is 0 Å². The molecule has 1 aromatic carbocycles. The minimum Gasteiger partial charge on any atom is -0.487 e. The van der Waals surface area contributed by atoms with Gasteiger partial charge < -0.3 is 20.5 Å². The average Bonchev–Trinajstić information content (AvgIpc) is 3.62. The van der Waals surface area contributed by atoms with Crippen LogP contribution in [-0.4, -0.2) is 53.6 Å². The van der Waals surface area contributed by atoms with Gasteiger partial charge in [0.2, 0.25) is 11.8 Å². The number of nitrogens with one attached hydrogen (secondary N) is 1. The fourth-order valence-electron chi connectivity index (χ4n) is 5.65. The molecule has 4 rings (SSSR count). The number of aliphatic imine (C=N–C) groups is 1. The van der Waals surface area contributed by atoms with Gasteiger partial charge in [0.15, 0.2) is 5.96 Å². The molecule has 2 unspecified atom stereocenters. The van der Waals surface area contributed by atoms with Crippen molar-refractivity contribution in [1.82, 2.24) is 10.2 Å². The number of methoxy groups -OCH3 is 1. The molecule has 1 aliphatic carbocycles. The number of rotatable bonds is 9. The Balaban J connectivity index is 1.53. The summed E-state index contributed by atoms with van der Waals surface area (Å²) in [6, 6.07) is 4.98. The second kappa shape index (κ2) is 10.7. The first kappa shape index (κ1) is 27.5. The predicted molar refractivity (Wildman–Crippen MR) is 144 cm³/mol. The number of fused-ring (bicyclic) bond motifs is 1. The maximum Gasteiger partial charge on any atom is 0.232 e. The van der Waals surface area contributed by atoms with Crippen LogP contribution in [0.2, 0.25) is 5.02 Å². The molecule has 1 aromatic rings. The molecule has 3 aliphatic rings. The van der Waals surface area contributed by atoms with Crippen molar-refractivity contribution in [1.29, 1.82) is 0 Å². The highest BCUT2D eigenvalue weighted by atomic mass is 35.5. The van der Waals surface area contributed by atoms with Gasteiger partial charge in [0.05, 0.1) is 30.7 Å². The summed E-state index contributed by atoms with van der Waals surface area (Å²) in [7, 11) is 1.62.